The van der Waals surface area contributed by atoms with Gasteiger partial charge in [-0.1, -0.05) is 12.1 Å². The number of benzene rings is 2. The second-order valence-electron chi connectivity index (χ2n) is 13.3. The van der Waals surface area contributed by atoms with Crippen LogP contribution in [0.1, 0.15) is 75.3 Å². The number of carbonyl (C=O) groups is 6. The van der Waals surface area contributed by atoms with Crippen LogP contribution >= 0.6 is 0 Å². The summed E-state index contributed by atoms with van der Waals surface area (Å²) in [6.07, 6.45) is -0.207. The molecule has 3 aromatic heterocycles. The summed E-state index contributed by atoms with van der Waals surface area (Å²) in [6, 6.07) is 8.58. The van der Waals surface area contributed by atoms with Crippen molar-refractivity contribution < 1.29 is 41.9 Å². The molecular formula is C37H34F3N9O6. The molecule has 0 saturated carbocycles. The van der Waals surface area contributed by atoms with Gasteiger partial charge in [-0.2, -0.15) is 23.4 Å². The van der Waals surface area contributed by atoms with Crippen LogP contribution in [0.5, 0.6) is 0 Å². The van der Waals surface area contributed by atoms with Crippen molar-refractivity contribution >= 4 is 57.8 Å². The molecule has 0 radical (unpaired) electrons. The third-order valence-corrected chi connectivity index (χ3v) is 9.82. The fraction of sp³-hybridized carbons (Fsp3) is 0.324. The lowest BCUT2D eigenvalue weighted by Gasteiger charge is -2.28. The van der Waals surface area contributed by atoms with Gasteiger partial charge in [0.25, 0.3) is 11.8 Å². The van der Waals surface area contributed by atoms with Crippen LogP contribution in [0.2, 0.25) is 0 Å². The normalized spacial score (nSPS) is 15.7. The van der Waals surface area contributed by atoms with Crippen LogP contribution in [0.15, 0.2) is 42.6 Å². The number of alkyl halides is 3. The van der Waals surface area contributed by atoms with E-state index in [-0.39, 0.29) is 73.6 Å². The highest BCUT2D eigenvalue weighted by atomic mass is 19.4. The van der Waals surface area contributed by atoms with E-state index in [2.05, 4.69) is 41.3 Å². The Balaban J connectivity index is 0.988. The van der Waals surface area contributed by atoms with Crippen molar-refractivity contribution in [3.05, 3.63) is 76.2 Å². The molecular weight excluding hydrogens is 723 g/mol. The first-order chi connectivity index (χ1) is 26.4. The summed E-state index contributed by atoms with van der Waals surface area (Å²) in [5.74, 6) is -2.74. The molecule has 2 aliphatic rings. The molecule has 0 bridgehead atoms. The zero-order valence-corrected chi connectivity index (χ0v) is 29.1. The molecule has 1 aliphatic heterocycles. The van der Waals surface area contributed by atoms with E-state index in [0.29, 0.717) is 45.8 Å². The van der Waals surface area contributed by atoms with Gasteiger partial charge in [0.2, 0.25) is 24.1 Å². The predicted molar refractivity (Wildman–Crippen MR) is 189 cm³/mol. The Labute approximate surface area is 309 Å². The Morgan fingerprint density at radius 3 is 2.51 bits per heavy atom. The summed E-state index contributed by atoms with van der Waals surface area (Å²) in [5, 5.41) is 21.7. The maximum absolute atomic E-state index is 13.8. The number of pyridine rings is 1. The molecule has 1 fully saturated rings. The summed E-state index contributed by atoms with van der Waals surface area (Å²) in [7, 11) is 0. The number of H-pyrrole nitrogens is 2. The van der Waals surface area contributed by atoms with Crippen molar-refractivity contribution in [2.75, 3.05) is 13.1 Å². The minimum Gasteiger partial charge on any atom is -0.354 e. The molecule has 1 aliphatic carbocycles. The van der Waals surface area contributed by atoms with Crippen LogP contribution in [0, 0.1) is 0 Å². The van der Waals surface area contributed by atoms with Gasteiger partial charge in [0.15, 0.2) is 11.4 Å². The Morgan fingerprint density at radius 1 is 0.964 bits per heavy atom. The molecule has 55 heavy (non-hydrogen) atoms. The van der Waals surface area contributed by atoms with Gasteiger partial charge in [-0.3, -0.25) is 49.2 Å². The van der Waals surface area contributed by atoms with Gasteiger partial charge in [0.1, 0.15) is 6.04 Å². The van der Waals surface area contributed by atoms with Crippen molar-refractivity contribution in [3.63, 3.8) is 0 Å². The van der Waals surface area contributed by atoms with Crippen LogP contribution < -0.4 is 16.0 Å². The van der Waals surface area contributed by atoms with Gasteiger partial charge in [-0.05, 0) is 79.5 Å². The lowest BCUT2D eigenvalue weighted by molar-refractivity contribution is -0.141. The number of aromatic amines is 2. The zero-order valence-electron chi connectivity index (χ0n) is 29.1. The molecule has 1 unspecified atom stereocenters. The molecule has 6 amide bonds. The fourth-order valence-electron chi connectivity index (χ4n) is 7.23. The van der Waals surface area contributed by atoms with Gasteiger partial charge in [-0.15, -0.1) is 0 Å². The second-order valence-corrected chi connectivity index (χ2v) is 13.3. The van der Waals surface area contributed by atoms with Crippen molar-refractivity contribution in [2.45, 2.75) is 63.6 Å². The Kier molecular flexibility index (Phi) is 10.1. The number of hydrogen-bond acceptors (Lipinski definition) is 9. The number of amides is 6. The quantitative estimate of drug-likeness (QED) is 0.0759. The number of carbonyl (C=O) groups excluding carboxylic acids is 6. The number of hydrogen-bond donors (Lipinski definition) is 5. The van der Waals surface area contributed by atoms with E-state index in [0.717, 1.165) is 23.3 Å². The number of aromatic nitrogens is 5. The van der Waals surface area contributed by atoms with Crippen LogP contribution in [0.25, 0.3) is 33.1 Å². The lowest BCUT2D eigenvalue weighted by atomic mass is 9.85. The summed E-state index contributed by atoms with van der Waals surface area (Å²) < 4.78 is 41.4. The maximum Gasteiger partial charge on any atom is 0.435 e. The SMILES string of the molecule is O=CN(C(=O)c1cccc(CCC(=O)NCCNC(=O)c2n[nH]c3ccc4nc(-c5c[nH]nc5C(F)(F)F)c5c(c4c23)CCCC5)c1)C1CCC(=O)NC1=O. The number of rotatable bonds is 11. The molecule has 1 atom stereocenters. The number of imide groups is 2. The molecule has 284 valence electrons. The molecule has 1 saturated heterocycles. The van der Waals surface area contributed by atoms with Crippen LogP contribution in [0.3, 0.4) is 0 Å². The van der Waals surface area contributed by atoms with Crippen LogP contribution in [-0.4, -0.2) is 85.4 Å². The van der Waals surface area contributed by atoms with E-state index in [1.165, 1.54) is 18.3 Å². The summed E-state index contributed by atoms with van der Waals surface area (Å²) in [4.78, 5) is 80.1. The molecule has 4 heterocycles. The standard InChI is InChI=1S/C37H34F3N9O6/c38-37(39,40)33-23(17-43-48-33)31-22-7-2-1-6-21(22)29-24(44-31)9-10-25-30(29)32(47-46-25)35(54)42-15-14-41-27(51)12-8-19-4-3-5-20(16-19)36(55)49(18-50)26-11-13-28(52)45-34(26)53/h3-5,9-10,16-18,26H,1-2,6-8,11-15H2,(H,41,51)(H,42,54)(H,43,48)(H,46,47)(H,45,52,53). The van der Waals surface area contributed by atoms with Crippen molar-refractivity contribution in [1.29, 1.82) is 0 Å². The molecule has 15 nitrogen and oxygen atoms in total. The first kappa shape index (κ1) is 36.9. The lowest BCUT2D eigenvalue weighted by Crippen LogP contribution is -2.53. The highest BCUT2D eigenvalue weighted by molar-refractivity contribution is 6.17. The Morgan fingerprint density at radius 2 is 1.75 bits per heavy atom. The number of nitrogens with one attached hydrogen (secondary N) is 5. The highest BCUT2D eigenvalue weighted by Crippen LogP contribution is 2.42. The molecule has 7 rings (SSSR count). The van der Waals surface area contributed by atoms with Gasteiger partial charge < -0.3 is 10.6 Å². The van der Waals surface area contributed by atoms with Gasteiger partial charge in [0, 0.05) is 48.5 Å². The van der Waals surface area contributed by atoms with Crippen molar-refractivity contribution in [3.8, 4) is 11.3 Å². The van der Waals surface area contributed by atoms with E-state index in [1.807, 2.05) is 0 Å². The third-order valence-electron chi connectivity index (χ3n) is 9.82. The number of halogens is 3. The third kappa shape index (κ3) is 7.39. The van der Waals surface area contributed by atoms with E-state index in [4.69, 9.17) is 0 Å². The van der Waals surface area contributed by atoms with Gasteiger partial charge in [0.05, 0.1) is 22.3 Å². The average Bonchev–Trinajstić information content (AvgIpc) is 3.85. The predicted octanol–water partition coefficient (Wildman–Crippen LogP) is 3.28. The van der Waals surface area contributed by atoms with E-state index >= 15 is 0 Å². The topological polar surface area (TPSA) is 212 Å². The number of fused-ring (bicyclic) bond motifs is 5. The molecule has 5 aromatic rings. The van der Waals surface area contributed by atoms with Crippen molar-refractivity contribution in [2.24, 2.45) is 0 Å². The minimum atomic E-state index is -4.68. The summed E-state index contributed by atoms with van der Waals surface area (Å²) in [6.45, 7) is 0.162. The first-order valence-electron chi connectivity index (χ1n) is 17.6. The van der Waals surface area contributed by atoms with Gasteiger partial charge >= 0.3 is 6.18 Å². The fourth-order valence-corrected chi connectivity index (χ4v) is 7.23. The van der Waals surface area contributed by atoms with E-state index in [1.54, 1.807) is 24.3 Å². The highest BCUT2D eigenvalue weighted by Gasteiger charge is 2.39. The summed E-state index contributed by atoms with van der Waals surface area (Å²) in [5.41, 5.74) is 2.39. The minimum absolute atomic E-state index is 0.00220. The van der Waals surface area contributed by atoms with Crippen LogP contribution in [-0.2, 0) is 44.6 Å². The molecule has 18 heteroatoms. The average molecular weight is 758 g/mol. The molecule has 5 N–H and O–H groups in total. The smallest absolute Gasteiger partial charge is 0.354 e. The first-order valence-corrected chi connectivity index (χ1v) is 17.6. The number of aryl methyl sites for hydroxylation is 2. The largest absolute Gasteiger partial charge is 0.435 e. The maximum atomic E-state index is 13.8. The van der Waals surface area contributed by atoms with Crippen molar-refractivity contribution in [1.82, 2.24) is 46.2 Å². The molecule has 2 aromatic carbocycles. The monoisotopic (exact) mass is 757 g/mol. The number of piperidine rings is 1. The Hall–Kier alpha value is -6.46. The zero-order chi connectivity index (χ0) is 38.9. The second kappa shape index (κ2) is 15.1. The van der Waals surface area contributed by atoms with Crippen LogP contribution in [0.4, 0.5) is 13.2 Å². The number of nitrogens with zero attached hydrogens (tertiary/aromatic N) is 4. The summed E-state index contributed by atoms with van der Waals surface area (Å²) >= 11 is 0. The van der Waals surface area contributed by atoms with Gasteiger partial charge in [-0.25, -0.2) is 4.98 Å². The van der Waals surface area contributed by atoms with E-state index < -0.39 is 41.5 Å². The molecule has 0 spiro atoms. The van der Waals surface area contributed by atoms with E-state index in [9.17, 15) is 41.9 Å². The Bertz CT molecular complexity index is 2370.